The molecule has 0 aliphatic heterocycles. The van der Waals surface area contributed by atoms with E-state index in [9.17, 15) is 9.18 Å². The minimum atomic E-state index is -0.469. The van der Waals surface area contributed by atoms with Gasteiger partial charge >= 0.3 is 0 Å². The van der Waals surface area contributed by atoms with Crippen molar-refractivity contribution >= 4 is 23.2 Å². The quantitative estimate of drug-likeness (QED) is 0.770. The number of aryl methyl sites for hydroxylation is 2. The molecule has 1 N–H and O–H groups in total. The third-order valence-corrected chi connectivity index (χ3v) is 3.79. The van der Waals surface area contributed by atoms with E-state index in [2.05, 4.69) is 10.4 Å². The summed E-state index contributed by atoms with van der Waals surface area (Å²) < 4.78 is 20.4. The molecule has 1 aromatic carbocycles. The fourth-order valence-corrected chi connectivity index (χ4v) is 2.56. The Kier molecular flexibility index (Phi) is 4.40. The van der Waals surface area contributed by atoms with Gasteiger partial charge in [0.1, 0.15) is 11.6 Å². The molecular formula is C17H15ClFN3O2. The molecule has 24 heavy (non-hydrogen) atoms. The summed E-state index contributed by atoms with van der Waals surface area (Å²) in [4.78, 5) is 12.2. The van der Waals surface area contributed by atoms with E-state index >= 15 is 0 Å². The van der Waals surface area contributed by atoms with E-state index in [-0.39, 0.29) is 10.8 Å². The van der Waals surface area contributed by atoms with Crippen molar-refractivity contribution in [1.29, 1.82) is 0 Å². The highest BCUT2D eigenvalue weighted by Crippen LogP contribution is 2.23. The Morgan fingerprint density at radius 1 is 1.29 bits per heavy atom. The van der Waals surface area contributed by atoms with Crippen LogP contribution in [0.3, 0.4) is 0 Å². The molecule has 3 rings (SSSR count). The number of nitrogens with zero attached hydrogens (tertiary/aromatic N) is 2. The molecular weight excluding hydrogens is 333 g/mol. The van der Waals surface area contributed by atoms with Crippen LogP contribution in [-0.4, -0.2) is 15.7 Å². The molecule has 124 valence electrons. The van der Waals surface area contributed by atoms with Crippen LogP contribution in [0.4, 0.5) is 10.1 Å². The van der Waals surface area contributed by atoms with E-state index < -0.39 is 11.7 Å². The average molecular weight is 348 g/mol. The molecule has 0 unspecified atom stereocenters. The Labute approximate surface area is 143 Å². The number of rotatable bonds is 4. The zero-order valence-electron chi connectivity index (χ0n) is 13.1. The Hall–Kier alpha value is -2.60. The first-order chi connectivity index (χ1) is 11.4. The van der Waals surface area contributed by atoms with Crippen LogP contribution in [0.2, 0.25) is 5.02 Å². The van der Waals surface area contributed by atoms with E-state index in [0.29, 0.717) is 18.0 Å². The average Bonchev–Trinajstić information content (AvgIpc) is 3.09. The Morgan fingerprint density at radius 3 is 2.75 bits per heavy atom. The van der Waals surface area contributed by atoms with Crippen molar-refractivity contribution in [3.05, 3.63) is 70.1 Å². The Balaban J connectivity index is 1.72. The molecule has 0 bridgehead atoms. The summed E-state index contributed by atoms with van der Waals surface area (Å²) in [5, 5.41) is 7.07. The van der Waals surface area contributed by atoms with Gasteiger partial charge in [-0.15, -0.1) is 0 Å². The lowest BCUT2D eigenvalue weighted by Crippen LogP contribution is -2.11. The fraction of sp³-hybridized carbons (Fsp3) is 0.176. The molecule has 0 saturated heterocycles. The number of halogens is 2. The molecule has 0 saturated carbocycles. The van der Waals surface area contributed by atoms with Gasteiger partial charge in [-0.25, -0.2) is 4.39 Å². The molecule has 3 aromatic rings. The third-order valence-electron chi connectivity index (χ3n) is 3.47. The van der Waals surface area contributed by atoms with E-state index in [4.69, 9.17) is 16.0 Å². The van der Waals surface area contributed by atoms with Crippen LogP contribution < -0.4 is 5.32 Å². The van der Waals surface area contributed by atoms with Crippen molar-refractivity contribution in [2.45, 2.75) is 20.4 Å². The van der Waals surface area contributed by atoms with Gasteiger partial charge in [0.2, 0.25) is 0 Å². The molecule has 0 aliphatic carbocycles. The summed E-state index contributed by atoms with van der Waals surface area (Å²) in [6.07, 6.45) is 0. The Morgan fingerprint density at radius 2 is 2.08 bits per heavy atom. The second-order valence-corrected chi connectivity index (χ2v) is 5.84. The van der Waals surface area contributed by atoms with Crippen LogP contribution in [-0.2, 0) is 6.54 Å². The molecule has 1 amide bonds. The molecule has 5 nitrogen and oxygen atoms in total. The van der Waals surface area contributed by atoms with Gasteiger partial charge in [-0.2, -0.15) is 5.10 Å². The van der Waals surface area contributed by atoms with Crippen LogP contribution in [0.15, 0.2) is 40.8 Å². The van der Waals surface area contributed by atoms with E-state index in [1.165, 1.54) is 12.1 Å². The minimum absolute atomic E-state index is 0.123. The number of carbonyl (C=O) groups is 1. The number of amides is 1. The first-order valence-electron chi connectivity index (χ1n) is 7.28. The van der Waals surface area contributed by atoms with Crippen LogP contribution in [0.1, 0.15) is 27.7 Å². The van der Waals surface area contributed by atoms with Crippen LogP contribution in [0.5, 0.6) is 0 Å². The first kappa shape index (κ1) is 16.3. The molecule has 0 fully saturated rings. The molecule has 0 aliphatic rings. The van der Waals surface area contributed by atoms with E-state index in [1.54, 1.807) is 16.8 Å². The van der Waals surface area contributed by atoms with Gasteiger partial charge in [0.15, 0.2) is 5.76 Å². The molecule has 0 atom stereocenters. The number of carbonyl (C=O) groups excluding carboxylic acids is 1. The largest absolute Gasteiger partial charge is 0.454 e. The molecule has 7 heteroatoms. The molecule has 0 radical (unpaired) electrons. The van der Waals surface area contributed by atoms with Crippen LogP contribution in [0.25, 0.3) is 0 Å². The number of furan rings is 1. The van der Waals surface area contributed by atoms with Crippen molar-refractivity contribution < 1.29 is 13.6 Å². The topological polar surface area (TPSA) is 60.1 Å². The summed E-state index contributed by atoms with van der Waals surface area (Å²) >= 11 is 5.90. The van der Waals surface area contributed by atoms with Crippen molar-refractivity contribution in [2.24, 2.45) is 0 Å². The summed E-state index contributed by atoms with van der Waals surface area (Å²) in [6.45, 7) is 4.30. The highest BCUT2D eigenvalue weighted by Gasteiger charge is 2.14. The number of nitrogens with one attached hydrogen (secondary N) is 1. The minimum Gasteiger partial charge on any atom is -0.454 e. The van der Waals surface area contributed by atoms with Crippen molar-refractivity contribution in [2.75, 3.05) is 5.32 Å². The lowest BCUT2D eigenvalue weighted by molar-refractivity contribution is 0.0994. The van der Waals surface area contributed by atoms with Crippen molar-refractivity contribution in [3.8, 4) is 0 Å². The van der Waals surface area contributed by atoms with Gasteiger partial charge < -0.3 is 9.73 Å². The maximum Gasteiger partial charge on any atom is 0.291 e. The van der Waals surface area contributed by atoms with Gasteiger partial charge in [0, 0.05) is 5.69 Å². The smallest absolute Gasteiger partial charge is 0.291 e. The zero-order valence-corrected chi connectivity index (χ0v) is 13.9. The number of hydrogen-bond acceptors (Lipinski definition) is 3. The Bertz CT molecular complexity index is 901. The monoisotopic (exact) mass is 347 g/mol. The van der Waals surface area contributed by atoms with Crippen molar-refractivity contribution in [3.63, 3.8) is 0 Å². The second kappa shape index (κ2) is 6.49. The highest BCUT2D eigenvalue weighted by atomic mass is 35.5. The maximum atomic E-state index is 13.0. The zero-order chi connectivity index (χ0) is 17.3. The van der Waals surface area contributed by atoms with Gasteiger partial charge in [-0.1, -0.05) is 11.6 Å². The highest BCUT2D eigenvalue weighted by molar-refractivity contribution is 6.33. The molecule has 2 heterocycles. The predicted octanol–water partition coefficient (Wildman–Crippen LogP) is 4.19. The summed E-state index contributed by atoms with van der Waals surface area (Å²) in [6, 6.07) is 9.01. The fourth-order valence-electron chi connectivity index (χ4n) is 2.34. The number of aromatic nitrogens is 2. The normalized spacial score (nSPS) is 10.8. The standard InChI is InChI=1S/C17H15ClFN3O2/c1-10-7-11(2)22(21-10)9-13-4-6-16(24-13)17(23)20-15-5-3-12(19)8-14(15)18/h3-8H,9H2,1-2H3,(H,20,23). The number of benzene rings is 1. The summed E-state index contributed by atoms with van der Waals surface area (Å²) in [5.74, 6) is -0.172. The third kappa shape index (κ3) is 3.49. The summed E-state index contributed by atoms with van der Waals surface area (Å²) in [5.41, 5.74) is 2.25. The first-order valence-corrected chi connectivity index (χ1v) is 7.66. The SMILES string of the molecule is Cc1cc(C)n(Cc2ccc(C(=O)Nc3ccc(F)cc3Cl)o2)n1. The van der Waals surface area contributed by atoms with Crippen LogP contribution in [0, 0.1) is 19.7 Å². The lowest BCUT2D eigenvalue weighted by Gasteiger charge is -2.05. The van der Waals surface area contributed by atoms with Crippen molar-refractivity contribution in [1.82, 2.24) is 9.78 Å². The predicted molar refractivity (Wildman–Crippen MR) is 88.9 cm³/mol. The number of hydrogen-bond donors (Lipinski definition) is 1. The van der Waals surface area contributed by atoms with Gasteiger partial charge in [-0.05, 0) is 50.2 Å². The van der Waals surface area contributed by atoms with Gasteiger partial charge in [0.25, 0.3) is 5.91 Å². The molecule has 2 aromatic heterocycles. The van der Waals surface area contributed by atoms with Crippen LogP contribution >= 0.6 is 11.6 Å². The lowest BCUT2D eigenvalue weighted by atomic mass is 10.3. The number of anilines is 1. The maximum absolute atomic E-state index is 13.0. The van der Waals surface area contributed by atoms with Gasteiger partial charge in [-0.3, -0.25) is 9.48 Å². The summed E-state index contributed by atoms with van der Waals surface area (Å²) in [7, 11) is 0. The molecule has 0 spiro atoms. The van der Waals surface area contributed by atoms with Gasteiger partial charge in [0.05, 0.1) is 22.9 Å². The van der Waals surface area contributed by atoms with E-state index in [1.807, 2.05) is 19.9 Å². The second-order valence-electron chi connectivity index (χ2n) is 5.43. The van der Waals surface area contributed by atoms with E-state index in [0.717, 1.165) is 17.5 Å².